The average molecular weight is 397 g/mol. The number of piperazine rings is 1. The monoisotopic (exact) mass is 396 g/mol. The lowest BCUT2D eigenvalue weighted by atomic mass is 10.2. The number of nitrogens with one attached hydrogen (secondary N) is 2. The van der Waals surface area contributed by atoms with Crippen LogP contribution in [0, 0.1) is 0 Å². The first-order valence-electron chi connectivity index (χ1n) is 9.46. The Labute approximate surface area is 160 Å². The Morgan fingerprint density at radius 3 is 2.59 bits per heavy atom. The molecule has 2 aliphatic rings. The highest BCUT2D eigenvalue weighted by molar-refractivity contribution is 7.89. The third-order valence-electron chi connectivity index (χ3n) is 4.97. The lowest BCUT2D eigenvalue weighted by Crippen LogP contribution is -2.46. The van der Waals surface area contributed by atoms with E-state index in [4.69, 9.17) is 0 Å². The van der Waals surface area contributed by atoms with Gasteiger partial charge in [-0.25, -0.2) is 13.1 Å². The Balaban J connectivity index is 1.61. The van der Waals surface area contributed by atoms with E-state index in [1.807, 2.05) is 0 Å². The van der Waals surface area contributed by atoms with Crippen molar-refractivity contribution in [1.82, 2.24) is 19.8 Å². The number of likely N-dealkylation sites (tertiary alicyclic amines) is 1. The third kappa shape index (κ3) is 5.49. The Kier molecular flexibility index (Phi) is 6.83. The van der Waals surface area contributed by atoms with Crippen LogP contribution in [0.1, 0.15) is 23.2 Å². The summed E-state index contributed by atoms with van der Waals surface area (Å²) in [6.07, 6.45) is 1.47. The summed E-state index contributed by atoms with van der Waals surface area (Å²) >= 11 is 0. The first kappa shape index (κ1) is 20.2. The predicted octanol–water partition coefficient (Wildman–Crippen LogP) is -0.533. The molecule has 2 aliphatic heterocycles. The van der Waals surface area contributed by atoms with Gasteiger partial charge in [-0.05, 0) is 44.1 Å². The van der Waals surface area contributed by atoms with Gasteiger partial charge in [-0.2, -0.15) is 0 Å². The number of sulfonamides is 1. The molecule has 150 valence electrons. The molecule has 1 atom stereocenters. The SMILES string of the molecule is O=C(c1cccc(S(=O)(=O)NC[C@H](O)CN2CCCC2)c1)N1CCNCC1. The van der Waals surface area contributed by atoms with Crippen LogP contribution in [-0.2, 0) is 10.0 Å². The van der Waals surface area contributed by atoms with Crippen LogP contribution in [-0.4, -0.2) is 87.7 Å². The van der Waals surface area contributed by atoms with Crippen LogP contribution in [0.5, 0.6) is 0 Å². The van der Waals surface area contributed by atoms with Gasteiger partial charge in [0.25, 0.3) is 5.91 Å². The van der Waals surface area contributed by atoms with Crippen LogP contribution in [0.2, 0.25) is 0 Å². The number of nitrogens with zero attached hydrogens (tertiary/aromatic N) is 2. The molecule has 2 fully saturated rings. The smallest absolute Gasteiger partial charge is 0.253 e. The Morgan fingerprint density at radius 2 is 1.89 bits per heavy atom. The maximum absolute atomic E-state index is 12.6. The average Bonchev–Trinajstić information content (AvgIpc) is 3.20. The van der Waals surface area contributed by atoms with E-state index in [2.05, 4.69) is 14.9 Å². The maximum Gasteiger partial charge on any atom is 0.253 e. The van der Waals surface area contributed by atoms with E-state index < -0.39 is 16.1 Å². The summed E-state index contributed by atoms with van der Waals surface area (Å²) in [5, 5.41) is 13.3. The molecule has 1 aromatic rings. The van der Waals surface area contributed by atoms with Crippen molar-refractivity contribution in [2.45, 2.75) is 23.8 Å². The molecule has 0 unspecified atom stereocenters. The van der Waals surface area contributed by atoms with Gasteiger partial charge in [-0.3, -0.25) is 4.79 Å². The molecule has 9 heteroatoms. The molecule has 2 saturated heterocycles. The van der Waals surface area contributed by atoms with Gasteiger partial charge in [0, 0.05) is 44.8 Å². The van der Waals surface area contributed by atoms with Crippen molar-refractivity contribution in [1.29, 1.82) is 0 Å². The zero-order valence-corrected chi connectivity index (χ0v) is 16.2. The van der Waals surface area contributed by atoms with Gasteiger partial charge >= 0.3 is 0 Å². The highest BCUT2D eigenvalue weighted by atomic mass is 32.2. The summed E-state index contributed by atoms with van der Waals surface area (Å²) in [6, 6.07) is 6.07. The molecule has 0 aromatic heterocycles. The molecule has 0 aliphatic carbocycles. The summed E-state index contributed by atoms with van der Waals surface area (Å²) in [6.45, 7) is 4.99. The number of aliphatic hydroxyl groups excluding tert-OH is 1. The van der Waals surface area contributed by atoms with E-state index >= 15 is 0 Å². The predicted molar refractivity (Wildman–Crippen MR) is 102 cm³/mol. The molecule has 3 N–H and O–H groups in total. The highest BCUT2D eigenvalue weighted by Crippen LogP contribution is 2.14. The standard InChI is InChI=1S/C18H28N4O4S/c23-16(14-21-8-1-2-9-21)13-20-27(25,26)17-5-3-4-15(12-17)18(24)22-10-6-19-7-11-22/h3-5,12,16,19-20,23H,1-2,6-11,13-14H2/t16-/m0/s1. The first-order chi connectivity index (χ1) is 13.0. The molecule has 0 bridgehead atoms. The van der Waals surface area contributed by atoms with Gasteiger partial charge in [0.2, 0.25) is 10.0 Å². The fourth-order valence-electron chi connectivity index (χ4n) is 3.46. The summed E-state index contributed by atoms with van der Waals surface area (Å²) in [5.74, 6) is -0.164. The number of carbonyl (C=O) groups is 1. The summed E-state index contributed by atoms with van der Waals surface area (Å²) < 4.78 is 27.6. The molecule has 1 aromatic carbocycles. The molecule has 27 heavy (non-hydrogen) atoms. The van der Waals surface area contributed by atoms with Crippen LogP contribution < -0.4 is 10.0 Å². The summed E-state index contributed by atoms with van der Waals surface area (Å²) in [7, 11) is -3.79. The van der Waals surface area contributed by atoms with E-state index in [9.17, 15) is 18.3 Å². The number of benzene rings is 1. The number of hydrogen-bond acceptors (Lipinski definition) is 6. The molecular formula is C18H28N4O4S. The second-order valence-corrected chi connectivity index (χ2v) is 8.85. The van der Waals surface area contributed by atoms with Gasteiger partial charge in [0.05, 0.1) is 11.0 Å². The van der Waals surface area contributed by atoms with Crippen LogP contribution in [0.25, 0.3) is 0 Å². The lowest BCUT2D eigenvalue weighted by Gasteiger charge is -2.27. The topological polar surface area (TPSA) is 102 Å². The van der Waals surface area contributed by atoms with Gasteiger partial charge < -0.3 is 20.2 Å². The van der Waals surface area contributed by atoms with Crippen molar-refractivity contribution in [3.8, 4) is 0 Å². The Hall–Kier alpha value is -1.52. The normalized spacial score (nSPS) is 20.0. The molecule has 2 heterocycles. The van der Waals surface area contributed by atoms with E-state index in [1.54, 1.807) is 17.0 Å². The molecule has 0 radical (unpaired) electrons. The zero-order chi connectivity index (χ0) is 19.3. The quantitative estimate of drug-likeness (QED) is 0.573. The van der Waals surface area contributed by atoms with Crippen LogP contribution in [0.15, 0.2) is 29.2 Å². The molecule has 1 amide bonds. The molecule has 0 saturated carbocycles. The van der Waals surface area contributed by atoms with Crippen molar-refractivity contribution in [2.75, 3.05) is 52.4 Å². The zero-order valence-electron chi connectivity index (χ0n) is 15.4. The van der Waals surface area contributed by atoms with E-state index in [0.29, 0.717) is 25.2 Å². The number of hydrogen-bond donors (Lipinski definition) is 3. The fraction of sp³-hybridized carbons (Fsp3) is 0.611. The second-order valence-electron chi connectivity index (χ2n) is 7.08. The lowest BCUT2D eigenvalue weighted by molar-refractivity contribution is 0.0735. The van der Waals surface area contributed by atoms with E-state index in [0.717, 1.165) is 39.0 Å². The second kappa shape index (κ2) is 9.11. The fourth-order valence-corrected chi connectivity index (χ4v) is 4.58. The number of β-amino-alcohol motifs (C(OH)–C–C–N with tert-alkyl or cyclic N) is 1. The van der Waals surface area contributed by atoms with Crippen molar-refractivity contribution in [3.05, 3.63) is 29.8 Å². The van der Waals surface area contributed by atoms with Crippen molar-refractivity contribution < 1.29 is 18.3 Å². The molecule has 3 rings (SSSR count). The van der Waals surface area contributed by atoms with Gasteiger partial charge in [0.15, 0.2) is 0 Å². The van der Waals surface area contributed by atoms with Crippen LogP contribution in [0.4, 0.5) is 0 Å². The minimum Gasteiger partial charge on any atom is -0.390 e. The van der Waals surface area contributed by atoms with Crippen molar-refractivity contribution >= 4 is 15.9 Å². The van der Waals surface area contributed by atoms with E-state index in [-0.39, 0.29) is 17.3 Å². The third-order valence-corrected chi connectivity index (χ3v) is 6.39. The maximum atomic E-state index is 12.6. The minimum atomic E-state index is -3.79. The Bertz CT molecular complexity index is 743. The van der Waals surface area contributed by atoms with Gasteiger partial charge in [0.1, 0.15) is 0 Å². The van der Waals surface area contributed by atoms with Crippen LogP contribution in [0.3, 0.4) is 0 Å². The van der Waals surface area contributed by atoms with Gasteiger partial charge in [-0.1, -0.05) is 6.07 Å². The van der Waals surface area contributed by atoms with Crippen molar-refractivity contribution in [2.24, 2.45) is 0 Å². The molecular weight excluding hydrogens is 368 g/mol. The molecule has 8 nitrogen and oxygen atoms in total. The Morgan fingerprint density at radius 1 is 1.19 bits per heavy atom. The highest BCUT2D eigenvalue weighted by Gasteiger charge is 2.22. The van der Waals surface area contributed by atoms with Gasteiger partial charge in [-0.15, -0.1) is 0 Å². The first-order valence-corrected chi connectivity index (χ1v) is 10.9. The number of rotatable bonds is 7. The summed E-state index contributed by atoms with van der Waals surface area (Å²) in [4.78, 5) is 16.5. The van der Waals surface area contributed by atoms with E-state index in [1.165, 1.54) is 12.1 Å². The summed E-state index contributed by atoms with van der Waals surface area (Å²) in [5.41, 5.74) is 0.359. The minimum absolute atomic E-state index is 0.0388. The number of amides is 1. The number of carbonyl (C=O) groups excluding carboxylic acids is 1. The molecule has 0 spiro atoms. The largest absolute Gasteiger partial charge is 0.390 e. The van der Waals surface area contributed by atoms with Crippen LogP contribution >= 0.6 is 0 Å². The number of aliphatic hydroxyl groups is 1. The van der Waals surface area contributed by atoms with Crippen molar-refractivity contribution in [3.63, 3.8) is 0 Å².